The van der Waals surface area contributed by atoms with Crippen molar-refractivity contribution in [2.75, 3.05) is 18.0 Å². The van der Waals surface area contributed by atoms with Gasteiger partial charge in [-0.05, 0) is 87.2 Å². The molecule has 0 aromatic heterocycles. The predicted molar refractivity (Wildman–Crippen MR) is 135 cm³/mol. The second-order valence-corrected chi connectivity index (χ2v) is 8.30. The number of azo groups is 2. The minimum Gasteiger partial charge on any atom is -0.372 e. The Bertz CT molecular complexity index is 945. The maximum absolute atomic E-state index is 4.39. The van der Waals surface area contributed by atoms with Crippen LogP contribution in [-0.2, 0) is 0 Å². The van der Waals surface area contributed by atoms with Crippen molar-refractivity contribution in [3.05, 3.63) is 72.0 Å². The summed E-state index contributed by atoms with van der Waals surface area (Å²) in [6.07, 6.45) is 11.0. The SMILES string of the molecule is CCCCN(CCCC)c1ccc(N=Nc2ccc(N=NC3=CC=C(C)CC3)cc2)cc1. The molecule has 0 fully saturated rings. The summed E-state index contributed by atoms with van der Waals surface area (Å²) in [5.74, 6) is 0. The lowest BCUT2D eigenvalue weighted by atomic mass is 10.1. The number of anilines is 1. The molecule has 32 heavy (non-hydrogen) atoms. The summed E-state index contributed by atoms with van der Waals surface area (Å²) in [4.78, 5) is 2.47. The summed E-state index contributed by atoms with van der Waals surface area (Å²) < 4.78 is 0. The Morgan fingerprint density at radius 2 is 1.16 bits per heavy atom. The molecule has 0 radical (unpaired) electrons. The normalized spacial score (nSPS) is 14.1. The van der Waals surface area contributed by atoms with Gasteiger partial charge in [0, 0.05) is 18.8 Å². The van der Waals surface area contributed by atoms with Crippen LogP contribution in [0.1, 0.15) is 59.3 Å². The highest BCUT2D eigenvalue weighted by Gasteiger charge is 2.06. The van der Waals surface area contributed by atoms with Gasteiger partial charge in [0.1, 0.15) is 0 Å². The molecule has 0 spiro atoms. The van der Waals surface area contributed by atoms with Crippen LogP contribution in [0.4, 0.5) is 22.7 Å². The molecule has 5 nitrogen and oxygen atoms in total. The molecule has 0 amide bonds. The van der Waals surface area contributed by atoms with Crippen molar-refractivity contribution in [2.24, 2.45) is 20.5 Å². The Morgan fingerprint density at radius 3 is 1.62 bits per heavy atom. The lowest BCUT2D eigenvalue weighted by Gasteiger charge is -2.24. The molecular formula is C27H35N5. The average Bonchev–Trinajstić information content (AvgIpc) is 2.84. The zero-order valence-electron chi connectivity index (χ0n) is 19.7. The molecule has 0 aliphatic heterocycles. The zero-order chi connectivity index (χ0) is 22.6. The van der Waals surface area contributed by atoms with Gasteiger partial charge in [-0.25, -0.2) is 0 Å². The minimum atomic E-state index is 0.802. The summed E-state index contributed by atoms with van der Waals surface area (Å²) in [5, 5.41) is 17.5. The second-order valence-electron chi connectivity index (χ2n) is 8.30. The van der Waals surface area contributed by atoms with E-state index in [1.165, 1.54) is 36.9 Å². The smallest absolute Gasteiger partial charge is 0.0858 e. The number of hydrogen-bond donors (Lipinski definition) is 0. The van der Waals surface area contributed by atoms with Crippen LogP contribution in [0.25, 0.3) is 0 Å². The van der Waals surface area contributed by atoms with Gasteiger partial charge in [0.15, 0.2) is 0 Å². The first-order chi connectivity index (χ1) is 15.7. The van der Waals surface area contributed by atoms with Crippen molar-refractivity contribution < 1.29 is 0 Å². The van der Waals surface area contributed by atoms with Gasteiger partial charge in [-0.1, -0.05) is 38.3 Å². The monoisotopic (exact) mass is 429 g/mol. The van der Waals surface area contributed by atoms with Crippen LogP contribution in [0, 0.1) is 0 Å². The molecule has 168 valence electrons. The molecule has 1 aliphatic carbocycles. The Balaban J connectivity index is 1.58. The minimum absolute atomic E-state index is 0.802. The largest absolute Gasteiger partial charge is 0.372 e. The average molecular weight is 430 g/mol. The van der Waals surface area contributed by atoms with E-state index in [1.807, 2.05) is 42.5 Å². The van der Waals surface area contributed by atoms with Crippen LogP contribution in [0.2, 0.25) is 0 Å². The summed E-state index contributed by atoms with van der Waals surface area (Å²) in [6, 6.07) is 16.1. The van der Waals surface area contributed by atoms with Crippen molar-refractivity contribution in [1.82, 2.24) is 0 Å². The molecular weight excluding hydrogens is 394 g/mol. The number of rotatable bonds is 11. The first-order valence-corrected chi connectivity index (χ1v) is 11.8. The molecule has 1 aliphatic rings. The third-order valence-electron chi connectivity index (χ3n) is 5.54. The fraction of sp³-hybridized carbons (Fsp3) is 0.407. The van der Waals surface area contributed by atoms with Crippen molar-refractivity contribution in [3.63, 3.8) is 0 Å². The fourth-order valence-electron chi connectivity index (χ4n) is 3.44. The van der Waals surface area contributed by atoms with Crippen LogP contribution >= 0.6 is 0 Å². The standard InChI is InChI=1S/C27H35N5/c1-4-6-20-32(21-7-5-2)27-18-16-26(17-19-27)31-30-25-14-12-24(13-15-25)29-28-23-10-8-22(3)9-11-23/h8,10,12-19H,4-7,9,11,20-21H2,1-3H3. The van der Waals surface area contributed by atoms with Crippen LogP contribution in [-0.4, -0.2) is 13.1 Å². The van der Waals surface area contributed by atoms with Crippen molar-refractivity contribution in [1.29, 1.82) is 0 Å². The predicted octanol–water partition coefficient (Wildman–Crippen LogP) is 9.22. The highest BCUT2D eigenvalue weighted by Crippen LogP contribution is 2.25. The zero-order valence-corrected chi connectivity index (χ0v) is 19.7. The summed E-state index contributed by atoms with van der Waals surface area (Å²) in [7, 11) is 0. The van der Waals surface area contributed by atoms with Crippen molar-refractivity contribution in [3.8, 4) is 0 Å². The quantitative estimate of drug-likeness (QED) is 0.328. The first-order valence-electron chi connectivity index (χ1n) is 11.8. The molecule has 3 rings (SSSR count). The number of nitrogens with zero attached hydrogens (tertiary/aromatic N) is 5. The van der Waals surface area contributed by atoms with Gasteiger partial charge in [0.05, 0.1) is 22.8 Å². The van der Waals surface area contributed by atoms with E-state index in [0.717, 1.165) is 48.7 Å². The van der Waals surface area contributed by atoms with Gasteiger partial charge >= 0.3 is 0 Å². The van der Waals surface area contributed by atoms with Crippen molar-refractivity contribution >= 4 is 22.7 Å². The van der Waals surface area contributed by atoms with E-state index in [9.17, 15) is 0 Å². The Labute approximate surface area is 192 Å². The van der Waals surface area contributed by atoms with Crippen LogP contribution in [0.3, 0.4) is 0 Å². The molecule has 0 atom stereocenters. The third-order valence-corrected chi connectivity index (χ3v) is 5.54. The molecule has 0 bridgehead atoms. The Morgan fingerprint density at radius 1 is 0.656 bits per heavy atom. The van der Waals surface area contributed by atoms with E-state index in [4.69, 9.17) is 0 Å². The summed E-state index contributed by atoms with van der Waals surface area (Å²) >= 11 is 0. The van der Waals surface area contributed by atoms with Crippen LogP contribution in [0.15, 0.2) is 92.4 Å². The number of allylic oxidation sites excluding steroid dienone is 4. The van der Waals surface area contributed by atoms with Gasteiger partial charge in [0.25, 0.3) is 0 Å². The molecule has 0 heterocycles. The fourth-order valence-corrected chi connectivity index (χ4v) is 3.44. The number of unbranched alkanes of at least 4 members (excludes halogenated alkanes) is 2. The number of hydrogen-bond acceptors (Lipinski definition) is 5. The first kappa shape index (κ1) is 23.6. The summed E-state index contributed by atoms with van der Waals surface area (Å²) in [5.41, 5.74) is 6.15. The molecule has 0 saturated carbocycles. The lowest BCUT2D eigenvalue weighted by molar-refractivity contribution is 0.678. The van der Waals surface area contributed by atoms with E-state index in [1.54, 1.807) is 0 Å². The topological polar surface area (TPSA) is 52.7 Å². The highest BCUT2D eigenvalue weighted by molar-refractivity contribution is 5.53. The van der Waals surface area contributed by atoms with Crippen LogP contribution < -0.4 is 4.90 Å². The van der Waals surface area contributed by atoms with E-state index in [-0.39, 0.29) is 0 Å². The van der Waals surface area contributed by atoms with Gasteiger partial charge < -0.3 is 4.90 Å². The summed E-state index contributed by atoms with van der Waals surface area (Å²) in [6.45, 7) is 8.83. The van der Waals surface area contributed by atoms with Gasteiger partial charge in [-0.15, -0.1) is 0 Å². The Hall–Kier alpha value is -3.08. The molecule has 0 unspecified atom stereocenters. The lowest BCUT2D eigenvalue weighted by Crippen LogP contribution is -2.25. The van der Waals surface area contributed by atoms with E-state index in [0.29, 0.717) is 0 Å². The van der Waals surface area contributed by atoms with Crippen LogP contribution in [0.5, 0.6) is 0 Å². The van der Waals surface area contributed by atoms with Gasteiger partial charge in [0.2, 0.25) is 0 Å². The third kappa shape index (κ3) is 7.56. The van der Waals surface area contributed by atoms with E-state index >= 15 is 0 Å². The Kier molecular flexibility index (Phi) is 9.36. The maximum Gasteiger partial charge on any atom is 0.0858 e. The van der Waals surface area contributed by atoms with E-state index in [2.05, 4.69) is 64.3 Å². The molecule has 0 saturated heterocycles. The van der Waals surface area contributed by atoms with Gasteiger partial charge in [-0.2, -0.15) is 20.5 Å². The molecule has 2 aromatic carbocycles. The number of benzene rings is 2. The second kappa shape index (κ2) is 12.7. The van der Waals surface area contributed by atoms with E-state index < -0.39 is 0 Å². The van der Waals surface area contributed by atoms with Crippen molar-refractivity contribution in [2.45, 2.75) is 59.3 Å². The molecule has 0 N–H and O–H groups in total. The molecule has 2 aromatic rings. The molecule has 5 heteroatoms. The van der Waals surface area contributed by atoms with Gasteiger partial charge in [-0.3, -0.25) is 0 Å². The highest BCUT2D eigenvalue weighted by atomic mass is 15.1. The maximum atomic E-state index is 4.39.